The van der Waals surface area contributed by atoms with E-state index in [1.165, 1.54) is 12.1 Å². The molecule has 3 heterocycles. The molecule has 0 spiro atoms. The zero-order valence-corrected chi connectivity index (χ0v) is 21.1. The molecule has 4 aromatic rings. The second kappa shape index (κ2) is 8.96. The van der Waals surface area contributed by atoms with Gasteiger partial charge in [-0.2, -0.15) is 0 Å². The molecule has 1 N–H and O–H groups in total. The third-order valence-corrected chi connectivity index (χ3v) is 7.00. The number of ether oxygens (including phenoxy) is 1. The second-order valence-corrected chi connectivity index (χ2v) is 10.9. The molecule has 7 heteroatoms. The normalized spacial score (nSPS) is 12.7. The number of amides is 1. The minimum Gasteiger partial charge on any atom is -0.496 e. The molecule has 0 saturated heterocycles. The van der Waals surface area contributed by atoms with Crippen LogP contribution in [0.3, 0.4) is 0 Å². The molecule has 1 amide bonds. The highest BCUT2D eigenvalue weighted by atomic mass is 32.1. The number of nitrogens with zero attached hydrogens (tertiary/aromatic N) is 2. The van der Waals surface area contributed by atoms with Gasteiger partial charge in [0.05, 0.1) is 17.7 Å². The molecular formula is C28H28FN3O2S. The van der Waals surface area contributed by atoms with Crippen LogP contribution in [0.15, 0.2) is 53.9 Å². The molecule has 0 aliphatic carbocycles. The summed E-state index contributed by atoms with van der Waals surface area (Å²) in [5, 5.41) is 5.06. The molecule has 0 bridgehead atoms. The van der Waals surface area contributed by atoms with E-state index < -0.39 is 0 Å². The third kappa shape index (κ3) is 4.48. The summed E-state index contributed by atoms with van der Waals surface area (Å²) in [4.78, 5) is 19.1. The molecule has 0 fully saturated rings. The predicted octanol–water partition coefficient (Wildman–Crippen LogP) is 6.43. The first kappa shape index (κ1) is 23.3. The van der Waals surface area contributed by atoms with Crippen LogP contribution in [-0.4, -0.2) is 29.1 Å². The van der Waals surface area contributed by atoms with Crippen molar-refractivity contribution >= 4 is 17.2 Å². The number of thiophene rings is 1. The van der Waals surface area contributed by atoms with Crippen LogP contribution < -0.4 is 10.1 Å². The Hall–Kier alpha value is -3.45. The Morgan fingerprint density at radius 2 is 2.00 bits per heavy atom. The van der Waals surface area contributed by atoms with Gasteiger partial charge in [-0.15, -0.1) is 11.3 Å². The van der Waals surface area contributed by atoms with Gasteiger partial charge in [0.15, 0.2) is 5.82 Å². The highest BCUT2D eigenvalue weighted by molar-refractivity contribution is 7.13. The van der Waals surface area contributed by atoms with Crippen LogP contribution in [0.25, 0.3) is 33.0 Å². The van der Waals surface area contributed by atoms with E-state index in [9.17, 15) is 9.18 Å². The summed E-state index contributed by atoms with van der Waals surface area (Å²) in [6.07, 6.45) is 0.738. The first-order valence-electron chi connectivity index (χ1n) is 11.6. The predicted molar refractivity (Wildman–Crippen MR) is 138 cm³/mol. The number of hydrogen-bond donors (Lipinski definition) is 1. The minimum atomic E-state index is -0.301. The summed E-state index contributed by atoms with van der Waals surface area (Å²) in [7, 11) is 1.63. The quantitative estimate of drug-likeness (QED) is 0.352. The van der Waals surface area contributed by atoms with Crippen molar-refractivity contribution in [1.82, 2.24) is 14.9 Å². The van der Waals surface area contributed by atoms with E-state index >= 15 is 0 Å². The zero-order valence-electron chi connectivity index (χ0n) is 20.3. The monoisotopic (exact) mass is 489 g/mol. The van der Waals surface area contributed by atoms with E-state index in [2.05, 4.69) is 26.1 Å². The van der Waals surface area contributed by atoms with E-state index in [0.29, 0.717) is 24.7 Å². The van der Waals surface area contributed by atoms with Gasteiger partial charge < -0.3 is 14.6 Å². The van der Waals surface area contributed by atoms with Crippen LogP contribution in [0.5, 0.6) is 5.75 Å². The van der Waals surface area contributed by atoms with Crippen LogP contribution in [0.2, 0.25) is 0 Å². The number of halogens is 1. The molecule has 0 saturated carbocycles. The number of hydrogen-bond acceptors (Lipinski definition) is 4. The van der Waals surface area contributed by atoms with Crippen molar-refractivity contribution in [2.45, 2.75) is 33.7 Å². The van der Waals surface area contributed by atoms with Gasteiger partial charge in [-0.05, 0) is 58.7 Å². The standard InChI is InChI=1S/C28H28FN3O2S/c1-28(2,3)16-30-27(33)26-31-24(23-9-6-12-35-23)25-21-15-20(17-7-5-8-19(29)13-17)22(34-4)14-18(21)10-11-32(25)26/h5-9,12-15H,10-11,16H2,1-4H3,(H,30,33). The van der Waals surface area contributed by atoms with E-state index in [0.717, 1.165) is 44.9 Å². The van der Waals surface area contributed by atoms with Crippen LogP contribution in [0, 0.1) is 11.2 Å². The van der Waals surface area contributed by atoms with Crippen LogP contribution in [0.1, 0.15) is 37.0 Å². The molecular weight excluding hydrogens is 461 g/mol. The topological polar surface area (TPSA) is 56.1 Å². The molecule has 0 unspecified atom stereocenters. The van der Waals surface area contributed by atoms with Crippen molar-refractivity contribution in [2.75, 3.05) is 13.7 Å². The molecule has 2 aromatic heterocycles. The Bertz CT molecular complexity index is 1400. The average molecular weight is 490 g/mol. The Morgan fingerprint density at radius 3 is 2.69 bits per heavy atom. The van der Waals surface area contributed by atoms with Gasteiger partial charge in [0.2, 0.25) is 0 Å². The Labute approximate surface area is 208 Å². The Kier molecular flexibility index (Phi) is 5.97. The largest absolute Gasteiger partial charge is 0.496 e. The summed E-state index contributed by atoms with van der Waals surface area (Å²) >= 11 is 1.59. The van der Waals surface area contributed by atoms with Crippen molar-refractivity contribution < 1.29 is 13.9 Å². The van der Waals surface area contributed by atoms with Gasteiger partial charge in [0.1, 0.15) is 17.3 Å². The van der Waals surface area contributed by atoms with Gasteiger partial charge in [0, 0.05) is 24.2 Å². The van der Waals surface area contributed by atoms with Crippen LogP contribution in [-0.2, 0) is 13.0 Å². The number of rotatable bonds is 5. The number of methoxy groups -OCH3 is 1. The second-order valence-electron chi connectivity index (χ2n) is 9.97. The van der Waals surface area contributed by atoms with Gasteiger partial charge in [-0.3, -0.25) is 4.79 Å². The summed E-state index contributed by atoms with van der Waals surface area (Å²) < 4.78 is 21.8. The lowest BCUT2D eigenvalue weighted by Crippen LogP contribution is -2.34. The van der Waals surface area contributed by atoms with E-state index in [1.54, 1.807) is 24.5 Å². The summed E-state index contributed by atoms with van der Waals surface area (Å²) in [6, 6.07) is 14.6. The highest BCUT2D eigenvalue weighted by Crippen LogP contribution is 2.44. The number of carbonyl (C=O) groups is 1. The zero-order chi connectivity index (χ0) is 24.7. The van der Waals surface area contributed by atoms with Gasteiger partial charge >= 0.3 is 0 Å². The maximum Gasteiger partial charge on any atom is 0.287 e. The molecule has 35 heavy (non-hydrogen) atoms. The molecule has 1 aliphatic heterocycles. The van der Waals surface area contributed by atoms with E-state index in [4.69, 9.17) is 9.72 Å². The fourth-order valence-electron chi connectivity index (χ4n) is 4.46. The maximum absolute atomic E-state index is 14.1. The Morgan fingerprint density at radius 1 is 1.17 bits per heavy atom. The first-order valence-corrected chi connectivity index (χ1v) is 12.5. The highest BCUT2D eigenvalue weighted by Gasteiger charge is 2.30. The van der Waals surface area contributed by atoms with Crippen molar-refractivity contribution in [2.24, 2.45) is 5.41 Å². The first-order chi connectivity index (χ1) is 16.7. The lowest BCUT2D eigenvalue weighted by Gasteiger charge is -2.24. The number of nitrogens with one attached hydrogen (secondary N) is 1. The van der Waals surface area contributed by atoms with E-state index in [1.807, 2.05) is 40.3 Å². The van der Waals surface area contributed by atoms with Crippen LogP contribution in [0.4, 0.5) is 4.39 Å². The van der Waals surface area contributed by atoms with Crippen molar-refractivity contribution in [3.8, 4) is 38.7 Å². The maximum atomic E-state index is 14.1. The summed E-state index contributed by atoms with van der Waals surface area (Å²) in [6.45, 7) is 7.45. The average Bonchev–Trinajstić information content (AvgIpc) is 3.49. The summed E-state index contributed by atoms with van der Waals surface area (Å²) in [5.41, 5.74) is 5.31. The number of aryl methyl sites for hydroxylation is 1. The SMILES string of the molecule is COc1cc2c(cc1-c1cccc(F)c1)-c1c(-c3cccs3)nc(C(=O)NCC(C)(C)C)n1CC2. The van der Waals surface area contributed by atoms with Gasteiger partial charge in [-0.1, -0.05) is 39.0 Å². The van der Waals surface area contributed by atoms with Crippen LogP contribution >= 0.6 is 11.3 Å². The number of fused-ring (bicyclic) bond motifs is 3. The molecule has 5 nitrogen and oxygen atoms in total. The van der Waals surface area contributed by atoms with Gasteiger partial charge in [-0.25, -0.2) is 9.37 Å². The molecule has 1 aliphatic rings. The van der Waals surface area contributed by atoms with E-state index in [-0.39, 0.29) is 17.1 Å². The molecule has 180 valence electrons. The van der Waals surface area contributed by atoms with Crippen molar-refractivity contribution in [1.29, 1.82) is 0 Å². The molecule has 0 atom stereocenters. The number of carbonyl (C=O) groups excluding carboxylic acids is 1. The smallest absolute Gasteiger partial charge is 0.287 e. The Balaban J connectivity index is 1.69. The van der Waals surface area contributed by atoms with Crippen molar-refractivity contribution in [3.05, 3.63) is 71.1 Å². The minimum absolute atomic E-state index is 0.0351. The van der Waals surface area contributed by atoms with Gasteiger partial charge in [0.25, 0.3) is 5.91 Å². The lowest BCUT2D eigenvalue weighted by atomic mass is 9.91. The summed E-state index contributed by atoms with van der Waals surface area (Å²) in [5.74, 6) is 0.639. The molecule has 0 radical (unpaired) electrons. The molecule has 5 rings (SSSR count). The lowest BCUT2D eigenvalue weighted by molar-refractivity contribution is 0.0924. The fourth-order valence-corrected chi connectivity index (χ4v) is 5.17. The van der Waals surface area contributed by atoms with Crippen molar-refractivity contribution in [3.63, 3.8) is 0 Å². The number of imidazole rings is 1. The number of aromatic nitrogens is 2. The third-order valence-electron chi connectivity index (χ3n) is 6.13. The fraction of sp³-hybridized carbons (Fsp3) is 0.286. The number of benzene rings is 2. The molecule has 2 aromatic carbocycles.